The molecule has 1 heterocycles. The molecule has 4 rings (SSSR count). The van der Waals surface area contributed by atoms with Gasteiger partial charge in [-0.15, -0.1) is 0 Å². The first-order valence-corrected chi connectivity index (χ1v) is 13.6. The Bertz CT molecular complexity index is 1360. The van der Waals surface area contributed by atoms with E-state index in [1.165, 1.54) is 55.2 Å². The maximum atomic E-state index is 12.7. The summed E-state index contributed by atoms with van der Waals surface area (Å²) in [6.45, 7) is 8.28. The summed E-state index contributed by atoms with van der Waals surface area (Å²) in [6, 6.07) is 23.0. The number of H-pyrrole nitrogens is 1. The molecule has 2 N–H and O–H groups in total. The van der Waals surface area contributed by atoms with Crippen molar-refractivity contribution >= 4 is 22.5 Å². The normalized spacial score (nSPS) is 11.7. The molecule has 1 amide bonds. The van der Waals surface area contributed by atoms with Gasteiger partial charge in [-0.25, -0.2) is 5.43 Å². The number of amides is 1. The van der Waals surface area contributed by atoms with Gasteiger partial charge in [0.15, 0.2) is 0 Å². The molecule has 3 aromatic carbocycles. The molecule has 0 aliphatic heterocycles. The number of rotatable bonds is 11. The van der Waals surface area contributed by atoms with E-state index in [1.807, 2.05) is 32.0 Å². The Morgan fingerprint density at radius 1 is 0.811 bits per heavy atom. The lowest BCUT2D eigenvalue weighted by Crippen LogP contribution is -2.19. The highest BCUT2D eigenvalue weighted by Crippen LogP contribution is 2.23. The third kappa shape index (κ3) is 6.76. The molecule has 0 saturated carbocycles. The van der Waals surface area contributed by atoms with Crippen molar-refractivity contribution in [2.24, 2.45) is 5.10 Å². The number of hydrazone groups is 1. The lowest BCUT2D eigenvalue weighted by atomic mass is 9.99. The smallest absolute Gasteiger partial charge is 0.271 e. The van der Waals surface area contributed by atoms with Crippen LogP contribution in [-0.2, 0) is 6.42 Å². The van der Waals surface area contributed by atoms with Crippen LogP contribution in [0.25, 0.3) is 22.0 Å². The second kappa shape index (κ2) is 12.5. The Morgan fingerprint density at radius 2 is 1.43 bits per heavy atom. The molecule has 4 nitrogen and oxygen atoms in total. The van der Waals surface area contributed by atoms with E-state index in [2.05, 4.69) is 77.9 Å². The highest BCUT2D eigenvalue weighted by molar-refractivity contribution is 6.02. The number of nitrogens with one attached hydrogen (secondary N) is 2. The van der Waals surface area contributed by atoms with Crippen LogP contribution in [0.3, 0.4) is 0 Å². The number of carbonyl (C=O) groups excluding carboxylic acids is 1. The summed E-state index contributed by atoms with van der Waals surface area (Å²) in [6.07, 6.45) is 9.14. The third-order valence-electron chi connectivity index (χ3n) is 7.30. The SMILES string of the molecule is CCCCCCCCc1ccc(-c2ccc(C(C)=NNC(=O)c3ccc4[nH]c(C)c(C)c4c3)cc2)cc1. The van der Waals surface area contributed by atoms with Gasteiger partial charge in [0.2, 0.25) is 0 Å². The van der Waals surface area contributed by atoms with Crippen molar-refractivity contribution in [3.05, 3.63) is 94.7 Å². The van der Waals surface area contributed by atoms with Crippen molar-refractivity contribution in [1.29, 1.82) is 0 Å². The summed E-state index contributed by atoms with van der Waals surface area (Å²) in [7, 11) is 0. The maximum absolute atomic E-state index is 12.7. The third-order valence-corrected chi connectivity index (χ3v) is 7.30. The maximum Gasteiger partial charge on any atom is 0.271 e. The fraction of sp³-hybridized carbons (Fsp3) is 0.333. The largest absolute Gasteiger partial charge is 0.358 e. The molecular weight excluding hydrogens is 454 g/mol. The summed E-state index contributed by atoms with van der Waals surface area (Å²) in [5.74, 6) is -0.211. The monoisotopic (exact) mass is 493 g/mol. The zero-order valence-corrected chi connectivity index (χ0v) is 22.7. The van der Waals surface area contributed by atoms with Crippen LogP contribution < -0.4 is 5.43 Å². The van der Waals surface area contributed by atoms with Crippen LogP contribution >= 0.6 is 0 Å². The standard InChI is InChI=1S/C33H39N3O/c1-5-6-7-8-9-10-11-26-12-14-28(15-13-26)29-18-16-27(17-19-29)25(4)35-36-33(37)30-20-21-32-31(22-30)23(2)24(3)34-32/h12-22,34H,5-11H2,1-4H3,(H,36,37). The first kappa shape index (κ1) is 26.4. The van der Waals surface area contributed by atoms with Crippen molar-refractivity contribution in [1.82, 2.24) is 10.4 Å². The average molecular weight is 494 g/mol. The van der Waals surface area contributed by atoms with Crippen LogP contribution in [0, 0.1) is 13.8 Å². The fourth-order valence-electron chi connectivity index (χ4n) is 4.74. The lowest BCUT2D eigenvalue weighted by Gasteiger charge is -2.07. The zero-order chi connectivity index (χ0) is 26.2. The summed E-state index contributed by atoms with van der Waals surface area (Å²) in [5, 5.41) is 5.42. The van der Waals surface area contributed by atoms with Crippen LogP contribution in [0.15, 0.2) is 71.8 Å². The van der Waals surface area contributed by atoms with Gasteiger partial charge >= 0.3 is 0 Å². The number of aromatic nitrogens is 1. The van der Waals surface area contributed by atoms with Crippen molar-refractivity contribution in [3.8, 4) is 11.1 Å². The second-order valence-electron chi connectivity index (χ2n) is 10.1. The van der Waals surface area contributed by atoms with Gasteiger partial charge < -0.3 is 4.98 Å². The minimum Gasteiger partial charge on any atom is -0.358 e. The minimum absolute atomic E-state index is 0.211. The Morgan fingerprint density at radius 3 is 2.14 bits per heavy atom. The van der Waals surface area contributed by atoms with Gasteiger partial charge in [-0.05, 0) is 79.6 Å². The molecule has 0 aliphatic carbocycles. The first-order chi connectivity index (χ1) is 18.0. The molecule has 0 saturated heterocycles. The molecule has 0 spiro atoms. The van der Waals surface area contributed by atoms with E-state index < -0.39 is 0 Å². The number of benzene rings is 3. The van der Waals surface area contributed by atoms with Crippen LogP contribution in [0.4, 0.5) is 0 Å². The van der Waals surface area contributed by atoms with Crippen LogP contribution in [0.2, 0.25) is 0 Å². The van der Waals surface area contributed by atoms with Crippen LogP contribution in [-0.4, -0.2) is 16.6 Å². The number of nitrogens with zero attached hydrogens (tertiary/aromatic N) is 1. The van der Waals surface area contributed by atoms with E-state index in [0.717, 1.165) is 39.9 Å². The van der Waals surface area contributed by atoms with Crippen LogP contribution in [0.5, 0.6) is 0 Å². The molecule has 0 atom stereocenters. The Labute approximate surface area is 221 Å². The predicted molar refractivity (Wildman–Crippen MR) is 156 cm³/mol. The Balaban J connectivity index is 1.33. The Kier molecular flexibility index (Phi) is 8.95. The quantitative estimate of drug-likeness (QED) is 0.123. The molecule has 0 unspecified atom stereocenters. The van der Waals surface area contributed by atoms with E-state index in [0.29, 0.717) is 5.56 Å². The summed E-state index contributed by atoms with van der Waals surface area (Å²) < 4.78 is 0. The van der Waals surface area contributed by atoms with Gasteiger partial charge in [0.1, 0.15) is 0 Å². The number of carbonyl (C=O) groups is 1. The van der Waals surface area contributed by atoms with Gasteiger partial charge in [0.25, 0.3) is 5.91 Å². The van der Waals surface area contributed by atoms with Gasteiger partial charge in [-0.3, -0.25) is 4.79 Å². The summed E-state index contributed by atoms with van der Waals surface area (Å²) in [5.41, 5.74) is 12.2. The van der Waals surface area contributed by atoms with Crippen molar-refractivity contribution in [3.63, 3.8) is 0 Å². The number of aryl methyl sites for hydroxylation is 3. The van der Waals surface area contributed by atoms with Gasteiger partial charge in [0.05, 0.1) is 5.71 Å². The molecule has 4 heteroatoms. The lowest BCUT2D eigenvalue weighted by molar-refractivity contribution is 0.0955. The van der Waals surface area contributed by atoms with E-state index in [-0.39, 0.29) is 5.91 Å². The molecule has 0 radical (unpaired) electrons. The number of hydrogen-bond donors (Lipinski definition) is 2. The minimum atomic E-state index is -0.211. The molecule has 0 bridgehead atoms. The first-order valence-electron chi connectivity index (χ1n) is 13.6. The number of unbranched alkanes of at least 4 members (excludes halogenated alkanes) is 5. The highest BCUT2D eigenvalue weighted by Gasteiger charge is 2.10. The van der Waals surface area contributed by atoms with E-state index in [9.17, 15) is 4.79 Å². The molecule has 4 aromatic rings. The molecule has 0 aliphatic rings. The number of aromatic amines is 1. The topological polar surface area (TPSA) is 57.2 Å². The second-order valence-corrected chi connectivity index (χ2v) is 10.1. The summed E-state index contributed by atoms with van der Waals surface area (Å²) in [4.78, 5) is 16.0. The van der Waals surface area contributed by atoms with Gasteiger partial charge in [-0.2, -0.15) is 5.10 Å². The van der Waals surface area contributed by atoms with Gasteiger partial charge in [-0.1, -0.05) is 87.6 Å². The molecule has 1 aromatic heterocycles. The summed E-state index contributed by atoms with van der Waals surface area (Å²) >= 11 is 0. The molecular formula is C33H39N3O. The molecule has 192 valence electrons. The molecule has 0 fully saturated rings. The number of fused-ring (bicyclic) bond motifs is 1. The van der Waals surface area contributed by atoms with Crippen molar-refractivity contribution in [2.75, 3.05) is 0 Å². The fourth-order valence-corrected chi connectivity index (χ4v) is 4.74. The number of hydrogen-bond acceptors (Lipinski definition) is 2. The van der Waals surface area contributed by atoms with Crippen molar-refractivity contribution in [2.45, 2.75) is 72.6 Å². The Hall–Kier alpha value is -3.66. The van der Waals surface area contributed by atoms with Crippen molar-refractivity contribution < 1.29 is 4.79 Å². The zero-order valence-electron chi connectivity index (χ0n) is 22.7. The van der Waals surface area contributed by atoms with Crippen LogP contribution in [0.1, 0.15) is 85.1 Å². The molecule has 37 heavy (non-hydrogen) atoms. The van der Waals surface area contributed by atoms with E-state index >= 15 is 0 Å². The average Bonchev–Trinajstić information content (AvgIpc) is 3.22. The van der Waals surface area contributed by atoms with Gasteiger partial charge in [0, 0.05) is 22.2 Å². The predicted octanol–water partition coefficient (Wildman–Crippen LogP) is 8.51. The van der Waals surface area contributed by atoms with E-state index in [1.54, 1.807) is 0 Å². The highest BCUT2D eigenvalue weighted by atomic mass is 16.2. The van der Waals surface area contributed by atoms with E-state index in [4.69, 9.17) is 0 Å².